The summed E-state index contributed by atoms with van der Waals surface area (Å²) in [5.74, 6) is 0.827. The lowest BCUT2D eigenvalue weighted by atomic mass is 9.94. The van der Waals surface area contributed by atoms with Gasteiger partial charge in [0.05, 0.1) is 19.0 Å². The fourth-order valence-electron chi connectivity index (χ4n) is 3.26. The third-order valence-electron chi connectivity index (χ3n) is 4.55. The summed E-state index contributed by atoms with van der Waals surface area (Å²) in [5, 5.41) is 10.9. The van der Waals surface area contributed by atoms with Crippen LogP contribution in [0, 0.1) is 5.41 Å². The molecule has 0 radical (unpaired) electrons. The summed E-state index contributed by atoms with van der Waals surface area (Å²) in [6.45, 7) is 14.7. The fraction of sp³-hybridized carbons (Fsp3) is 0.789. The van der Waals surface area contributed by atoms with Crippen molar-refractivity contribution in [1.29, 1.82) is 0 Å². The molecule has 152 valence electrons. The van der Waals surface area contributed by atoms with E-state index < -0.39 is 6.04 Å². The van der Waals surface area contributed by atoms with Crippen LogP contribution >= 0.6 is 0 Å². The van der Waals surface area contributed by atoms with E-state index in [1.54, 1.807) is 4.90 Å². The van der Waals surface area contributed by atoms with Gasteiger partial charge in [0.2, 0.25) is 23.6 Å². The number of nitrogens with one attached hydrogen (secondary N) is 1. The van der Waals surface area contributed by atoms with Crippen LogP contribution in [0.2, 0.25) is 0 Å². The van der Waals surface area contributed by atoms with Crippen LogP contribution < -0.4 is 5.32 Å². The summed E-state index contributed by atoms with van der Waals surface area (Å²) < 4.78 is 5.56. The fourth-order valence-corrected chi connectivity index (χ4v) is 3.26. The van der Waals surface area contributed by atoms with E-state index in [9.17, 15) is 9.59 Å². The normalized spacial score (nSPS) is 18.6. The number of carbonyl (C=O) groups is 2. The van der Waals surface area contributed by atoms with Gasteiger partial charge in [0.15, 0.2) is 0 Å². The van der Waals surface area contributed by atoms with E-state index in [0.29, 0.717) is 24.7 Å². The molecule has 1 aromatic rings. The van der Waals surface area contributed by atoms with Gasteiger partial charge in [0.25, 0.3) is 0 Å². The second-order valence-electron chi connectivity index (χ2n) is 8.60. The Kier molecular flexibility index (Phi) is 6.97. The molecule has 1 aliphatic heterocycles. The highest BCUT2D eigenvalue weighted by Crippen LogP contribution is 2.21. The zero-order chi connectivity index (χ0) is 20.2. The smallest absolute Gasteiger partial charge is 0.237 e. The average molecular weight is 380 g/mol. The Morgan fingerprint density at radius 1 is 1.33 bits per heavy atom. The molecule has 8 heteroatoms. The van der Waals surface area contributed by atoms with Crippen LogP contribution in [0.15, 0.2) is 4.42 Å². The molecular weight excluding hydrogens is 346 g/mol. The quantitative estimate of drug-likeness (QED) is 0.774. The standard InChI is InChI=1S/C19H33N5O3/c1-7-15-21-22-16(27-15)11-24(13(2)3)17(25)10-14-18(26)20-8-9-23(14)12-19(4,5)6/h13-14H,7-12H2,1-6H3,(H,20,26)/t14-/m1/s1. The minimum absolute atomic E-state index is 0.0304. The molecular formula is C19H33N5O3. The molecule has 1 N–H and O–H groups in total. The lowest BCUT2D eigenvalue weighted by Crippen LogP contribution is -2.58. The molecule has 1 aromatic heterocycles. The zero-order valence-corrected chi connectivity index (χ0v) is 17.4. The van der Waals surface area contributed by atoms with Crippen molar-refractivity contribution < 1.29 is 14.0 Å². The molecule has 1 saturated heterocycles. The number of aryl methyl sites for hydroxylation is 1. The van der Waals surface area contributed by atoms with E-state index in [2.05, 4.69) is 41.2 Å². The molecule has 1 fully saturated rings. The third-order valence-corrected chi connectivity index (χ3v) is 4.55. The van der Waals surface area contributed by atoms with Gasteiger partial charge in [-0.25, -0.2) is 0 Å². The van der Waals surface area contributed by atoms with Crippen LogP contribution in [0.1, 0.15) is 59.7 Å². The lowest BCUT2D eigenvalue weighted by Gasteiger charge is -2.39. The van der Waals surface area contributed by atoms with Crippen LogP contribution in [-0.4, -0.2) is 63.5 Å². The van der Waals surface area contributed by atoms with Crippen LogP contribution in [0.25, 0.3) is 0 Å². The Labute approximate surface area is 161 Å². The highest BCUT2D eigenvalue weighted by Gasteiger charge is 2.35. The van der Waals surface area contributed by atoms with Crippen LogP contribution in [-0.2, 0) is 22.6 Å². The van der Waals surface area contributed by atoms with E-state index in [4.69, 9.17) is 4.42 Å². The van der Waals surface area contributed by atoms with Gasteiger partial charge in [-0.1, -0.05) is 27.7 Å². The topological polar surface area (TPSA) is 91.6 Å². The summed E-state index contributed by atoms with van der Waals surface area (Å²) >= 11 is 0. The molecule has 1 aliphatic rings. The predicted octanol–water partition coefficient (Wildman–Crippen LogP) is 1.61. The maximum Gasteiger partial charge on any atom is 0.237 e. The van der Waals surface area contributed by atoms with Crippen molar-refractivity contribution >= 4 is 11.8 Å². The number of piperazine rings is 1. The summed E-state index contributed by atoms with van der Waals surface area (Å²) in [5.41, 5.74) is 0.0525. The second-order valence-corrected chi connectivity index (χ2v) is 8.60. The largest absolute Gasteiger partial charge is 0.423 e. The molecule has 1 atom stereocenters. The molecule has 2 rings (SSSR count). The monoisotopic (exact) mass is 379 g/mol. The molecule has 0 bridgehead atoms. The number of nitrogens with zero attached hydrogens (tertiary/aromatic N) is 4. The van der Waals surface area contributed by atoms with Crippen molar-refractivity contribution in [1.82, 2.24) is 25.3 Å². The Morgan fingerprint density at radius 2 is 2.00 bits per heavy atom. The number of hydrogen-bond acceptors (Lipinski definition) is 6. The molecule has 2 amide bonds. The minimum Gasteiger partial charge on any atom is -0.423 e. The van der Waals surface area contributed by atoms with Gasteiger partial charge in [-0.2, -0.15) is 0 Å². The molecule has 27 heavy (non-hydrogen) atoms. The minimum atomic E-state index is -0.444. The van der Waals surface area contributed by atoms with Gasteiger partial charge in [0.1, 0.15) is 0 Å². The Morgan fingerprint density at radius 3 is 2.56 bits per heavy atom. The van der Waals surface area contributed by atoms with Gasteiger partial charge >= 0.3 is 0 Å². The van der Waals surface area contributed by atoms with E-state index >= 15 is 0 Å². The first-order valence-corrected chi connectivity index (χ1v) is 9.73. The Bertz CT molecular complexity index is 650. The number of aromatic nitrogens is 2. The van der Waals surface area contributed by atoms with Crippen LogP contribution in [0.4, 0.5) is 0 Å². The molecule has 8 nitrogen and oxygen atoms in total. The SMILES string of the molecule is CCc1nnc(CN(C(=O)C[C@@H]2C(=O)NCCN2CC(C)(C)C)C(C)C)o1. The maximum absolute atomic E-state index is 13.0. The average Bonchev–Trinajstić information content (AvgIpc) is 3.02. The Hall–Kier alpha value is -1.96. The molecule has 0 unspecified atom stereocenters. The molecule has 0 spiro atoms. The lowest BCUT2D eigenvalue weighted by molar-refractivity contribution is -0.141. The predicted molar refractivity (Wildman–Crippen MR) is 102 cm³/mol. The van der Waals surface area contributed by atoms with Gasteiger partial charge in [-0.05, 0) is 19.3 Å². The third kappa shape index (κ3) is 6.02. The molecule has 2 heterocycles. The van der Waals surface area contributed by atoms with Gasteiger partial charge in [-0.3, -0.25) is 14.5 Å². The van der Waals surface area contributed by atoms with Crippen molar-refractivity contribution in [3.05, 3.63) is 11.8 Å². The summed E-state index contributed by atoms with van der Waals surface area (Å²) in [7, 11) is 0. The maximum atomic E-state index is 13.0. The highest BCUT2D eigenvalue weighted by molar-refractivity contribution is 5.89. The first-order valence-electron chi connectivity index (χ1n) is 9.73. The van der Waals surface area contributed by atoms with E-state index in [0.717, 1.165) is 13.1 Å². The molecule has 0 saturated carbocycles. The van der Waals surface area contributed by atoms with E-state index in [1.165, 1.54) is 0 Å². The zero-order valence-electron chi connectivity index (χ0n) is 17.4. The first kappa shape index (κ1) is 21.3. The van der Waals surface area contributed by atoms with Gasteiger partial charge in [0, 0.05) is 32.1 Å². The van der Waals surface area contributed by atoms with Crippen molar-refractivity contribution in [2.45, 2.75) is 73.0 Å². The van der Waals surface area contributed by atoms with Crippen molar-refractivity contribution in [3.63, 3.8) is 0 Å². The number of rotatable bonds is 7. The highest BCUT2D eigenvalue weighted by atomic mass is 16.4. The van der Waals surface area contributed by atoms with Crippen molar-refractivity contribution in [2.75, 3.05) is 19.6 Å². The number of hydrogen-bond donors (Lipinski definition) is 1. The van der Waals surface area contributed by atoms with E-state index in [-0.39, 0.29) is 36.2 Å². The summed E-state index contributed by atoms with van der Waals surface area (Å²) in [4.78, 5) is 29.3. The Balaban J connectivity index is 2.10. The molecule has 0 aliphatic carbocycles. The summed E-state index contributed by atoms with van der Waals surface area (Å²) in [6.07, 6.45) is 0.807. The second kappa shape index (κ2) is 8.82. The molecule has 0 aromatic carbocycles. The van der Waals surface area contributed by atoms with Crippen LogP contribution in [0.3, 0.4) is 0 Å². The van der Waals surface area contributed by atoms with Crippen molar-refractivity contribution in [2.24, 2.45) is 5.41 Å². The van der Waals surface area contributed by atoms with Crippen LogP contribution in [0.5, 0.6) is 0 Å². The first-order chi connectivity index (χ1) is 12.6. The van der Waals surface area contributed by atoms with Gasteiger partial charge < -0.3 is 14.6 Å². The van der Waals surface area contributed by atoms with Gasteiger partial charge in [-0.15, -0.1) is 10.2 Å². The van der Waals surface area contributed by atoms with Crippen molar-refractivity contribution in [3.8, 4) is 0 Å². The number of carbonyl (C=O) groups excluding carboxylic acids is 2. The number of amides is 2. The summed E-state index contributed by atoms with van der Waals surface area (Å²) in [6, 6.07) is -0.474. The van der Waals surface area contributed by atoms with E-state index in [1.807, 2.05) is 20.8 Å².